The van der Waals surface area contributed by atoms with E-state index in [1.54, 1.807) is 25.3 Å². The first-order chi connectivity index (χ1) is 30.5. The van der Waals surface area contributed by atoms with Gasteiger partial charge in [0.05, 0.1) is 36.0 Å². The minimum absolute atomic E-state index is 0.00811. The number of nitrogens with one attached hydrogen (secondary N) is 2. The third-order valence-electron chi connectivity index (χ3n) is 13.3. The van der Waals surface area contributed by atoms with Crippen LogP contribution in [0.15, 0.2) is 41.8 Å². The monoisotopic (exact) mass is 928 g/mol. The molecule has 5 aliphatic rings. The maximum Gasteiger partial charge on any atom is 0.391 e. The zero-order valence-corrected chi connectivity index (χ0v) is 37.8. The van der Waals surface area contributed by atoms with E-state index in [1.165, 1.54) is 21.1 Å². The highest BCUT2D eigenvalue weighted by atomic mass is 32.2. The molecule has 3 aromatic rings. The second-order valence-electron chi connectivity index (χ2n) is 18.2. The highest BCUT2D eigenvalue weighted by Crippen LogP contribution is 2.46. The van der Waals surface area contributed by atoms with E-state index in [-0.39, 0.29) is 57.7 Å². The van der Waals surface area contributed by atoms with Crippen molar-refractivity contribution in [1.82, 2.24) is 29.8 Å². The SMILES string of the molecule is COc1ccc2c(O[C@@H]3C[C@H]4C(=O)N[C@]5(C(=O)NS(=O)(=O)C6CC6)CC5/C=C\CCCCC[C@H](CC(=O)N5CCC(C(F)(F)F)CC5)C(=O)N4C3)cc(-c3nc(C(C)C)cs3)nc2c1. The van der Waals surface area contributed by atoms with Crippen LogP contribution in [0.25, 0.3) is 21.6 Å². The van der Waals surface area contributed by atoms with E-state index in [4.69, 9.17) is 19.4 Å². The van der Waals surface area contributed by atoms with E-state index in [1.807, 2.05) is 37.4 Å². The Kier molecular flexibility index (Phi) is 13.0. The number of nitrogens with zero attached hydrogens (tertiary/aromatic N) is 4. The number of carbonyl (C=O) groups is 4. The van der Waals surface area contributed by atoms with Crippen LogP contribution in [-0.4, -0.2) is 108 Å². The fraction of sp³-hybridized carbons (Fsp3) is 0.600. The Morgan fingerprint density at radius 3 is 2.50 bits per heavy atom. The Labute approximate surface area is 374 Å². The molecule has 1 unspecified atom stereocenters. The minimum Gasteiger partial charge on any atom is -0.497 e. The Hall–Kier alpha value is -4.78. The van der Waals surface area contributed by atoms with Gasteiger partial charge in [0, 0.05) is 60.7 Å². The summed E-state index contributed by atoms with van der Waals surface area (Å²) < 4.78 is 80.9. The topological polar surface area (TPSA) is 177 Å². The molecule has 5 atom stereocenters. The van der Waals surface area contributed by atoms with Crippen LogP contribution in [0.3, 0.4) is 0 Å². The Morgan fingerprint density at radius 1 is 1.05 bits per heavy atom. The van der Waals surface area contributed by atoms with Gasteiger partial charge >= 0.3 is 6.18 Å². The van der Waals surface area contributed by atoms with Crippen molar-refractivity contribution in [1.29, 1.82) is 0 Å². The van der Waals surface area contributed by atoms with E-state index in [2.05, 4.69) is 10.0 Å². The third-order valence-corrected chi connectivity index (χ3v) is 16.0. The van der Waals surface area contributed by atoms with E-state index < -0.39 is 80.5 Å². The predicted octanol–water partition coefficient (Wildman–Crippen LogP) is 6.65. The number of sulfonamides is 1. The summed E-state index contributed by atoms with van der Waals surface area (Å²) in [5.41, 5.74) is 0.450. The van der Waals surface area contributed by atoms with Gasteiger partial charge in [-0.05, 0) is 69.4 Å². The van der Waals surface area contributed by atoms with Crippen LogP contribution in [0.2, 0.25) is 0 Å². The molecular formula is C45H55F3N6O8S2. The number of benzene rings is 1. The average Bonchev–Trinajstić information content (AvgIpc) is 4.13. The number of piperidine rings is 1. The average molecular weight is 929 g/mol. The van der Waals surface area contributed by atoms with Gasteiger partial charge in [-0.3, -0.25) is 23.9 Å². The minimum atomic E-state index is -4.35. The summed E-state index contributed by atoms with van der Waals surface area (Å²) in [6, 6.07) is 5.96. The summed E-state index contributed by atoms with van der Waals surface area (Å²) in [6.07, 6.45) is 1.96. The van der Waals surface area contributed by atoms with Crippen LogP contribution in [0.1, 0.15) is 103 Å². The van der Waals surface area contributed by atoms with E-state index >= 15 is 0 Å². The number of halogens is 3. The molecule has 0 radical (unpaired) electrons. The van der Waals surface area contributed by atoms with Crippen LogP contribution in [0.5, 0.6) is 11.5 Å². The molecule has 8 rings (SSSR count). The van der Waals surface area contributed by atoms with Gasteiger partial charge in [-0.15, -0.1) is 11.3 Å². The van der Waals surface area contributed by atoms with Crippen molar-refractivity contribution >= 4 is 55.9 Å². The van der Waals surface area contributed by atoms with Crippen LogP contribution < -0.4 is 19.5 Å². The zero-order chi connectivity index (χ0) is 45.6. The maximum atomic E-state index is 14.9. The molecule has 64 heavy (non-hydrogen) atoms. The number of aromatic nitrogens is 2. The normalized spacial score (nSPS) is 26.7. The molecule has 2 aliphatic carbocycles. The number of carbonyl (C=O) groups excluding carboxylic acids is 4. The van der Waals surface area contributed by atoms with Crippen molar-refractivity contribution in [2.24, 2.45) is 17.8 Å². The summed E-state index contributed by atoms with van der Waals surface area (Å²) in [5, 5.41) is 5.50. The van der Waals surface area contributed by atoms with E-state index in [0.717, 1.165) is 12.1 Å². The summed E-state index contributed by atoms with van der Waals surface area (Å²) >= 11 is 1.44. The maximum absolute atomic E-state index is 14.9. The van der Waals surface area contributed by atoms with Crippen molar-refractivity contribution in [3.8, 4) is 22.2 Å². The van der Waals surface area contributed by atoms with Crippen molar-refractivity contribution in [3.63, 3.8) is 0 Å². The first-order valence-electron chi connectivity index (χ1n) is 22.3. The van der Waals surface area contributed by atoms with Gasteiger partial charge in [0.1, 0.15) is 39.9 Å². The number of ether oxygens (including phenoxy) is 2. The molecule has 3 aliphatic heterocycles. The fourth-order valence-electron chi connectivity index (χ4n) is 9.13. The van der Waals surface area contributed by atoms with Crippen LogP contribution in [0, 0.1) is 17.8 Å². The van der Waals surface area contributed by atoms with Gasteiger partial charge in [0.25, 0.3) is 5.91 Å². The number of alkyl halides is 3. The van der Waals surface area contributed by atoms with Gasteiger partial charge in [0.2, 0.25) is 27.7 Å². The number of hydrogen-bond donors (Lipinski definition) is 2. The Balaban J connectivity index is 1.11. The van der Waals surface area contributed by atoms with Crippen LogP contribution >= 0.6 is 11.3 Å². The number of rotatable bonds is 10. The molecule has 0 bridgehead atoms. The van der Waals surface area contributed by atoms with E-state index in [0.29, 0.717) is 71.6 Å². The summed E-state index contributed by atoms with van der Waals surface area (Å²) in [4.78, 5) is 69.8. The number of amides is 4. The molecule has 0 spiro atoms. The molecule has 2 N–H and O–H groups in total. The summed E-state index contributed by atoms with van der Waals surface area (Å²) in [6.45, 7) is 3.88. The van der Waals surface area contributed by atoms with Gasteiger partial charge in [-0.1, -0.05) is 38.8 Å². The van der Waals surface area contributed by atoms with Crippen molar-refractivity contribution in [2.75, 3.05) is 26.7 Å². The molecule has 19 heteroatoms. The fourth-order valence-corrected chi connectivity index (χ4v) is 11.4. The first-order valence-corrected chi connectivity index (χ1v) is 24.7. The number of hydrogen-bond acceptors (Lipinski definition) is 11. The first kappa shape index (κ1) is 45.8. The summed E-state index contributed by atoms with van der Waals surface area (Å²) in [7, 11) is -2.40. The molecule has 5 heterocycles. The Morgan fingerprint density at radius 2 is 1.81 bits per heavy atom. The molecule has 346 valence electrons. The number of allylic oxidation sites excluding steroid dienone is 1. The third kappa shape index (κ3) is 9.89. The van der Waals surface area contributed by atoms with Gasteiger partial charge in [-0.2, -0.15) is 13.2 Å². The highest BCUT2D eigenvalue weighted by molar-refractivity contribution is 7.91. The largest absolute Gasteiger partial charge is 0.497 e. The smallest absolute Gasteiger partial charge is 0.391 e. The summed E-state index contributed by atoms with van der Waals surface area (Å²) in [5.74, 6) is -4.09. The van der Waals surface area contributed by atoms with Crippen molar-refractivity contribution in [2.45, 2.75) is 126 Å². The quantitative estimate of drug-likeness (QED) is 0.210. The number of pyridine rings is 1. The van der Waals surface area contributed by atoms with Crippen molar-refractivity contribution < 1.29 is 50.2 Å². The van der Waals surface area contributed by atoms with Crippen LogP contribution in [0.4, 0.5) is 13.2 Å². The molecule has 4 fully saturated rings. The number of methoxy groups -OCH3 is 1. The van der Waals surface area contributed by atoms with Gasteiger partial charge < -0.3 is 24.6 Å². The molecular weight excluding hydrogens is 874 g/mol. The second-order valence-corrected chi connectivity index (χ2v) is 21.0. The molecule has 14 nitrogen and oxygen atoms in total. The Bertz CT molecular complexity index is 2410. The number of likely N-dealkylation sites (tertiary alicyclic amines) is 1. The van der Waals surface area contributed by atoms with Gasteiger partial charge in [0.15, 0.2) is 0 Å². The van der Waals surface area contributed by atoms with E-state index in [9.17, 15) is 40.8 Å². The molecule has 2 saturated carbocycles. The highest BCUT2D eigenvalue weighted by Gasteiger charge is 2.62. The predicted molar refractivity (Wildman–Crippen MR) is 233 cm³/mol. The molecule has 2 saturated heterocycles. The van der Waals surface area contributed by atoms with Gasteiger partial charge in [-0.25, -0.2) is 18.4 Å². The van der Waals surface area contributed by atoms with Crippen molar-refractivity contribution in [3.05, 3.63) is 47.5 Å². The molecule has 2 aromatic heterocycles. The van der Waals surface area contributed by atoms with Crippen LogP contribution in [-0.2, 0) is 29.2 Å². The lowest BCUT2D eigenvalue weighted by Crippen LogP contribution is -2.57. The molecule has 1 aromatic carbocycles. The lowest BCUT2D eigenvalue weighted by molar-refractivity contribution is -0.186. The second kappa shape index (κ2) is 18.2. The number of thiazole rings is 1. The molecule has 4 amide bonds. The standard InChI is InChI=1S/C45H55F3N6O8S2/c1-26(2)36-25-63-41(50-36)35-22-38(33-14-11-30(61-3)20-34(33)49-35)62-31-21-37-40(56)51-44(43(58)52-64(59,60)32-12-13-32)23-29(44)10-8-6-4-5-7-9-27(42(57)54(37)24-31)19-39(55)53-17-15-28(16-18-53)45(46,47)48/h8,10-11,14,20,22,25-29,31-32,37H,4-7,9,12-13,15-19,21,23-24H2,1-3H3,(H,51,56)(H,52,58)/b10-8-/t27-,29?,31-,37+,44-/m1/s1. The zero-order valence-electron chi connectivity index (χ0n) is 36.2. The lowest BCUT2D eigenvalue weighted by atomic mass is 9.92. The number of fused-ring (bicyclic) bond motifs is 3. The lowest BCUT2D eigenvalue weighted by Gasteiger charge is -2.34.